The zero-order chi connectivity index (χ0) is 19.6. The van der Waals surface area contributed by atoms with Gasteiger partial charge in [0.05, 0.1) is 35.4 Å². The molecule has 5 N–H and O–H groups in total. The van der Waals surface area contributed by atoms with Crippen LogP contribution in [0.3, 0.4) is 0 Å². The van der Waals surface area contributed by atoms with Crippen molar-refractivity contribution >= 4 is 11.8 Å². The lowest BCUT2D eigenvalue weighted by atomic mass is 9.95. The number of carbonyl (C=O) groups excluding carboxylic acids is 2. The van der Waals surface area contributed by atoms with Crippen molar-refractivity contribution in [2.75, 3.05) is 13.2 Å². The number of amides is 2. The number of phenols is 1. The van der Waals surface area contributed by atoms with Crippen LogP contribution in [-0.4, -0.2) is 51.4 Å². The average molecular weight is 352 g/mol. The standard InChI is InChI=1S/C18H28N2O5/c1-10-7-11(2)13(16(25)20-18(5,6)9-22)14(23)12(10)15(24)19-17(3,4)8-21/h7,21-23H,8-9H2,1-6H3,(H,19,24)(H,20,25). The predicted molar refractivity (Wildman–Crippen MR) is 94.8 cm³/mol. The first-order chi connectivity index (χ1) is 11.3. The Morgan fingerprint density at radius 3 is 1.48 bits per heavy atom. The zero-order valence-corrected chi connectivity index (χ0v) is 15.6. The SMILES string of the molecule is Cc1cc(C)c(C(=O)NC(C)(C)CO)c(O)c1C(=O)NC(C)(C)CO. The summed E-state index contributed by atoms with van der Waals surface area (Å²) in [6.07, 6.45) is 0. The average Bonchev–Trinajstić information content (AvgIpc) is 2.45. The minimum Gasteiger partial charge on any atom is -0.506 e. The van der Waals surface area contributed by atoms with E-state index in [1.165, 1.54) is 0 Å². The molecule has 0 aliphatic heterocycles. The molecule has 7 heteroatoms. The first kappa shape index (κ1) is 20.9. The van der Waals surface area contributed by atoms with E-state index in [0.29, 0.717) is 11.1 Å². The van der Waals surface area contributed by atoms with Crippen molar-refractivity contribution in [1.82, 2.24) is 10.6 Å². The molecule has 0 spiro atoms. The lowest BCUT2D eigenvalue weighted by molar-refractivity contribution is 0.0863. The summed E-state index contributed by atoms with van der Waals surface area (Å²) in [7, 11) is 0. The van der Waals surface area contributed by atoms with Gasteiger partial charge in [0, 0.05) is 0 Å². The molecule has 0 aliphatic carbocycles. The van der Waals surface area contributed by atoms with E-state index in [9.17, 15) is 24.9 Å². The molecular formula is C18H28N2O5. The molecular weight excluding hydrogens is 324 g/mol. The fourth-order valence-corrected chi connectivity index (χ4v) is 2.36. The molecule has 1 aromatic rings. The molecule has 0 fully saturated rings. The van der Waals surface area contributed by atoms with E-state index in [1.54, 1.807) is 47.6 Å². The summed E-state index contributed by atoms with van der Waals surface area (Å²) in [5, 5.41) is 34.5. The third kappa shape index (κ3) is 4.93. The highest BCUT2D eigenvalue weighted by molar-refractivity contribution is 6.06. The van der Waals surface area contributed by atoms with Crippen LogP contribution in [0.15, 0.2) is 6.07 Å². The summed E-state index contributed by atoms with van der Waals surface area (Å²) in [4.78, 5) is 25.1. The maximum Gasteiger partial charge on any atom is 0.255 e. The van der Waals surface area contributed by atoms with Crippen LogP contribution in [-0.2, 0) is 0 Å². The molecule has 1 rings (SSSR count). The largest absolute Gasteiger partial charge is 0.506 e. The summed E-state index contributed by atoms with van der Waals surface area (Å²) < 4.78 is 0. The third-order valence-corrected chi connectivity index (χ3v) is 3.84. The van der Waals surface area contributed by atoms with Crippen molar-refractivity contribution < 1.29 is 24.9 Å². The summed E-state index contributed by atoms with van der Waals surface area (Å²) in [6.45, 7) is 9.34. The van der Waals surface area contributed by atoms with Crippen molar-refractivity contribution in [3.8, 4) is 5.75 Å². The summed E-state index contributed by atoms with van der Waals surface area (Å²) in [5.41, 5.74) is -0.749. The molecule has 0 atom stereocenters. The molecule has 0 radical (unpaired) electrons. The summed E-state index contributed by atoms with van der Waals surface area (Å²) in [5.74, 6) is -1.58. The van der Waals surface area contributed by atoms with Gasteiger partial charge in [-0.05, 0) is 52.7 Å². The highest BCUT2D eigenvalue weighted by atomic mass is 16.3. The van der Waals surface area contributed by atoms with Gasteiger partial charge in [0.1, 0.15) is 5.75 Å². The van der Waals surface area contributed by atoms with Gasteiger partial charge >= 0.3 is 0 Å². The Balaban J connectivity index is 3.35. The van der Waals surface area contributed by atoms with E-state index in [1.807, 2.05) is 0 Å². The summed E-state index contributed by atoms with van der Waals surface area (Å²) in [6, 6.07) is 1.64. The van der Waals surface area contributed by atoms with E-state index in [4.69, 9.17) is 0 Å². The molecule has 0 heterocycles. The van der Waals surface area contributed by atoms with E-state index < -0.39 is 28.6 Å². The van der Waals surface area contributed by atoms with Gasteiger partial charge in [-0.1, -0.05) is 6.07 Å². The van der Waals surface area contributed by atoms with Crippen molar-refractivity contribution in [3.63, 3.8) is 0 Å². The first-order valence-corrected chi connectivity index (χ1v) is 8.05. The molecule has 2 amide bonds. The molecule has 140 valence electrons. The number of hydrogen-bond donors (Lipinski definition) is 5. The maximum atomic E-state index is 12.5. The third-order valence-electron chi connectivity index (χ3n) is 3.84. The minimum atomic E-state index is -0.873. The Labute approximate surface area is 148 Å². The van der Waals surface area contributed by atoms with Crippen LogP contribution >= 0.6 is 0 Å². The van der Waals surface area contributed by atoms with E-state index in [-0.39, 0.29) is 24.3 Å². The first-order valence-electron chi connectivity index (χ1n) is 8.05. The molecule has 1 aromatic carbocycles. The highest BCUT2D eigenvalue weighted by Gasteiger charge is 2.29. The fourth-order valence-electron chi connectivity index (χ4n) is 2.36. The zero-order valence-electron chi connectivity index (χ0n) is 15.6. The Hall–Kier alpha value is -2.12. The molecule has 25 heavy (non-hydrogen) atoms. The van der Waals surface area contributed by atoms with Crippen molar-refractivity contribution in [3.05, 3.63) is 28.3 Å². The van der Waals surface area contributed by atoms with Crippen LogP contribution < -0.4 is 10.6 Å². The van der Waals surface area contributed by atoms with Crippen LogP contribution in [0.4, 0.5) is 0 Å². The lowest BCUT2D eigenvalue weighted by Crippen LogP contribution is -2.47. The number of nitrogens with one attached hydrogen (secondary N) is 2. The van der Waals surface area contributed by atoms with Gasteiger partial charge in [-0.15, -0.1) is 0 Å². The number of aryl methyl sites for hydroxylation is 2. The number of rotatable bonds is 6. The number of aromatic hydroxyl groups is 1. The van der Waals surface area contributed by atoms with Crippen LogP contribution in [0.1, 0.15) is 59.5 Å². The second kappa shape index (κ2) is 7.41. The fraction of sp³-hybridized carbons (Fsp3) is 0.556. The van der Waals surface area contributed by atoms with E-state index in [2.05, 4.69) is 10.6 Å². The number of phenolic OH excluding ortho intramolecular Hbond substituents is 1. The van der Waals surface area contributed by atoms with Gasteiger partial charge in [0.25, 0.3) is 11.8 Å². The van der Waals surface area contributed by atoms with Crippen molar-refractivity contribution in [2.45, 2.75) is 52.6 Å². The Morgan fingerprint density at radius 2 is 1.20 bits per heavy atom. The normalized spacial score (nSPS) is 12.0. The Bertz CT molecular complexity index is 626. The molecule has 0 aliphatic rings. The molecule has 0 saturated carbocycles. The molecule has 7 nitrogen and oxygen atoms in total. The smallest absolute Gasteiger partial charge is 0.255 e. The van der Waals surface area contributed by atoms with E-state index >= 15 is 0 Å². The van der Waals surface area contributed by atoms with Crippen LogP contribution in [0.2, 0.25) is 0 Å². The number of aliphatic hydroxyl groups is 2. The minimum absolute atomic E-state index is 0.0147. The predicted octanol–water partition coefficient (Wildman–Crippen LogP) is 1.01. The topological polar surface area (TPSA) is 119 Å². The van der Waals surface area contributed by atoms with Crippen LogP contribution in [0.25, 0.3) is 0 Å². The number of aliphatic hydroxyl groups excluding tert-OH is 2. The monoisotopic (exact) mass is 352 g/mol. The lowest BCUT2D eigenvalue weighted by Gasteiger charge is -2.26. The maximum absolute atomic E-state index is 12.5. The Kier molecular flexibility index (Phi) is 6.20. The quantitative estimate of drug-likeness (QED) is 0.523. The van der Waals surface area contributed by atoms with Crippen molar-refractivity contribution in [2.24, 2.45) is 0 Å². The Morgan fingerprint density at radius 1 is 0.880 bits per heavy atom. The van der Waals surface area contributed by atoms with Gasteiger partial charge in [0.2, 0.25) is 0 Å². The molecule has 0 bridgehead atoms. The number of hydrogen-bond acceptors (Lipinski definition) is 5. The molecule has 0 saturated heterocycles. The van der Waals surface area contributed by atoms with Crippen LogP contribution in [0.5, 0.6) is 5.75 Å². The van der Waals surface area contributed by atoms with Gasteiger partial charge in [0.15, 0.2) is 0 Å². The van der Waals surface area contributed by atoms with Gasteiger partial charge in [-0.3, -0.25) is 9.59 Å². The van der Waals surface area contributed by atoms with Gasteiger partial charge in [-0.2, -0.15) is 0 Å². The number of carbonyl (C=O) groups is 2. The molecule has 0 aromatic heterocycles. The second-order valence-electron chi connectivity index (χ2n) is 7.60. The molecule has 0 unspecified atom stereocenters. The second-order valence-corrected chi connectivity index (χ2v) is 7.60. The van der Waals surface area contributed by atoms with Crippen molar-refractivity contribution in [1.29, 1.82) is 0 Å². The van der Waals surface area contributed by atoms with Crippen LogP contribution in [0, 0.1) is 13.8 Å². The van der Waals surface area contributed by atoms with Gasteiger partial charge < -0.3 is 26.0 Å². The highest BCUT2D eigenvalue weighted by Crippen LogP contribution is 2.30. The number of benzene rings is 1. The van der Waals surface area contributed by atoms with Gasteiger partial charge in [-0.25, -0.2) is 0 Å². The van der Waals surface area contributed by atoms with E-state index in [0.717, 1.165) is 0 Å². The summed E-state index contributed by atoms with van der Waals surface area (Å²) >= 11 is 0.